The van der Waals surface area contributed by atoms with Crippen LogP contribution in [0.3, 0.4) is 0 Å². The van der Waals surface area contributed by atoms with Gasteiger partial charge < -0.3 is 24.3 Å². The molecule has 1 saturated heterocycles. The number of nitrogens with zero attached hydrogens (tertiary/aromatic N) is 1. The third-order valence-electron chi connectivity index (χ3n) is 5.16. The number of amides is 2. The number of benzene rings is 1. The Morgan fingerprint density at radius 1 is 1.23 bits per heavy atom. The molecule has 13 heteroatoms. The predicted octanol–water partition coefficient (Wildman–Crippen LogP) is 3.08. The summed E-state index contributed by atoms with van der Waals surface area (Å²) in [6.45, 7) is 0.966. The van der Waals surface area contributed by atoms with Crippen LogP contribution < -0.4 is 10.1 Å². The van der Waals surface area contributed by atoms with E-state index in [0.29, 0.717) is 22.1 Å². The van der Waals surface area contributed by atoms with Crippen LogP contribution in [0.4, 0.5) is 0 Å². The fourth-order valence-electron chi connectivity index (χ4n) is 3.52. The van der Waals surface area contributed by atoms with E-state index in [0.717, 1.165) is 4.90 Å². The number of fused-ring (bicyclic) bond motifs is 1. The average molecular weight is 541 g/mol. The molecule has 184 valence electrons. The van der Waals surface area contributed by atoms with Gasteiger partial charge in [0.1, 0.15) is 46.9 Å². The van der Waals surface area contributed by atoms with Crippen molar-refractivity contribution in [1.29, 1.82) is 0 Å². The molecule has 2 N–H and O–H groups in total. The fourth-order valence-corrected chi connectivity index (χ4v) is 5.19. The van der Waals surface area contributed by atoms with Gasteiger partial charge in [-0.15, -0.1) is 11.8 Å². The van der Waals surface area contributed by atoms with Crippen molar-refractivity contribution in [3.8, 4) is 5.75 Å². The van der Waals surface area contributed by atoms with Gasteiger partial charge in [-0.05, 0) is 24.3 Å². The lowest BCUT2D eigenvalue weighted by Gasteiger charge is -2.49. The number of aliphatic carboxylic acids is 1. The Bertz CT molecular complexity index is 1240. The fraction of sp³-hybridized carbons (Fsp3) is 0.273. The molecule has 2 aromatic rings. The standard InChI is InChI=1S/C22H18Cl2N2O8S/c1-10(27)32-7-11-9-35-21-17(20(29)26(21)18(11)22(30)31)25-19(28)15-6-5-12(34-15)8-33-14-4-2-3-13(23)16(14)24/h2-6,17,21H,7-9H2,1H3,(H,25,28)(H,30,31)/t17-,21+/m0/s1. The monoisotopic (exact) mass is 540 g/mol. The van der Waals surface area contributed by atoms with Gasteiger partial charge in [0, 0.05) is 18.2 Å². The van der Waals surface area contributed by atoms with E-state index >= 15 is 0 Å². The zero-order valence-electron chi connectivity index (χ0n) is 18.1. The van der Waals surface area contributed by atoms with E-state index in [-0.39, 0.29) is 35.4 Å². The first-order valence-corrected chi connectivity index (χ1v) is 12.0. The number of halogens is 2. The van der Waals surface area contributed by atoms with Gasteiger partial charge in [0.25, 0.3) is 11.8 Å². The summed E-state index contributed by atoms with van der Waals surface area (Å²) in [7, 11) is 0. The lowest BCUT2D eigenvalue weighted by Crippen LogP contribution is -2.70. The minimum Gasteiger partial charge on any atom is -0.484 e. The second-order valence-electron chi connectivity index (χ2n) is 7.51. The largest absolute Gasteiger partial charge is 0.484 e. The molecule has 4 rings (SSSR count). The SMILES string of the molecule is CC(=O)OCC1=C(C(=O)O)N2C(=O)[C@H](NC(=O)c3ccc(COc4cccc(Cl)c4Cl)o3)[C@H]2SC1. The minimum absolute atomic E-state index is 0.0141. The van der Waals surface area contributed by atoms with Gasteiger partial charge in [0.15, 0.2) is 5.76 Å². The van der Waals surface area contributed by atoms with Crippen LogP contribution >= 0.6 is 35.0 Å². The number of carboxylic acids is 1. The Morgan fingerprint density at radius 2 is 2.00 bits per heavy atom. The van der Waals surface area contributed by atoms with Crippen molar-refractivity contribution < 1.29 is 38.2 Å². The van der Waals surface area contributed by atoms with Crippen molar-refractivity contribution in [2.75, 3.05) is 12.4 Å². The Hall–Kier alpha value is -3.15. The smallest absolute Gasteiger partial charge is 0.352 e. The number of hydrogen-bond donors (Lipinski definition) is 2. The summed E-state index contributed by atoms with van der Waals surface area (Å²) in [5.74, 6) is -2.22. The first-order chi connectivity index (χ1) is 16.7. The normalized spacial score (nSPS) is 19.1. The van der Waals surface area contributed by atoms with Gasteiger partial charge in [0.2, 0.25) is 0 Å². The zero-order chi connectivity index (χ0) is 25.3. The van der Waals surface area contributed by atoms with Crippen LogP contribution in [0.25, 0.3) is 0 Å². The molecule has 1 aromatic heterocycles. The van der Waals surface area contributed by atoms with Crippen molar-refractivity contribution >= 4 is 58.7 Å². The van der Waals surface area contributed by atoms with Crippen molar-refractivity contribution in [3.05, 3.63) is 63.2 Å². The van der Waals surface area contributed by atoms with E-state index in [1.807, 2.05) is 0 Å². The number of hydrogen-bond acceptors (Lipinski definition) is 8. The van der Waals surface area contributed by atoms with E-state index in [4.69, 9.17) is 37.1 Å². The first kappa shape index (κ1) is 25.0. The van der Waals surface area contributed by atoms with Crippen molar-refractivity contribution in [3.63, 3.8) is 0 Å². The number of carbonyl (C=O) groups excluding carboxylic acids is 3. The molecule has 0 unspecified atom stereocenters. The minimum atomic E-state index is -1.31. The topological polar surface area (TPSA) is 135 Å². The van der Waals surface area contributed by atoms with Gasteiger partial charge in [-0.3, -0.25) is 19.3 Å². The summed E-state index contributed by atoms with van der Waals surface area (Å²) in [5, 5.41) is 12.2. The van der Waals surface area contributed by atoms with Crippen molar-refractivity contribution in [2.45, 2.75) is 24.9 Å². The Morgan fingerprint density at radius 3 is 2.71 bits per heavy atom. The highest BCUT2D eigenvalue weighted by atomic mass is 35.5. The summed E-state index contributed by atoms with van der Waals surface area (Å²) >= 11 is 13.3. The quantitative estimate of drug-likeness (QED) is 0.382. The molecule has 1 aromatic carbocycles. The van der Waals surface area contributed by atoms with Crippen molar-refractivity contribution in [2.24, 2.45) is 0 Å². The Labute approximate surface area is 213 Å². The molecule has 2 aliphatic heterocycles. The molecule has 0 aliphatic carbocycles. The number of carbonyl (C=O) groups is 4. The molecular weight excluding hydrogens is 523 g/mol. The molecule has 0 bridgehead atoms. The number of esters is 1. The number of rotatable bonds is 8. The van der Waals surface area contributed by atoms with E-state index in [1.165, 1.54) is 24.8 Å². The number of ether oxygens (including phenoxy) is 2. The van der Waals surface area contributed by atoms with Crippen LogP contribution in [0.2, 0.25) is 10.0 Å². The van der Waals surface area contributed by atoms with Gasteiger partial charge in [-0.2, -0.15) is 0 Å². The van der Waals surface area contributed by atoms with E-state index in [9.17, 15) is 24.3 Å². The average Bonchev–Trinajstić information content (AvgIpc) is 3.30. The maximum Gasteiger partial charge on any atom is 0.352 e. The number of thioether (sulfide) groups is 1. The molecule has 3 heterocycles. The molecule has 1 fully saturated rings. The van der Waals surface area contributed by atoms with E-state index in [2.05, 4.69) is 5.32 Å². The first-order valence-electron chi connectivity index (χ1n) is 10.2. The van der Waals surface area contributed by atoms with Gasteiger partial charge in [-0.1, -0.05) is 29.3 Å². The maximum atomic E-state index is 12.7. The van der Waals surface area contributed by atoms with Gasteiger partial charge in [-0.25, -0.2) is 4.79 Å². The lowest BCUT2D eigenvalue weighted by molar-refractivity contribution is -0.149. The predicted molar refractivity (Wildman–Crippen MR) is 125 cm³/mol. The van der Waals surface area contributed by atoms with E-state index < -0.39 is 35.2 Å². The Kier molecular flexibility index (Phi) is 7.29. The van der Waals surface area contributed by atoms with Gasteiger partial charge >= 0.3 is 11.9 Å². The van der Waals surface area contributed by atoms with Gasteiger partial charge in [0.05, 0.1) is 5.02 Å². The number of furan rings is 1. The molecule has 0 spiro atoms. The summed E-state index contributed by atoms with van der Waals surface area (Å²) in [4.78, 5) is 49.3. The second-order valence-corrected chi connectivity index (χ2v) is 9.40. The molecule has 10 nitrogen and oxygen atoms in total. The van der Waals surface area contributed by atoms with Crippen LogP contribution in [-0.2, 0) is 25.7 Å². The third-order valence-corrected chi connectivity index (χ3v) is 7.30. The summed E-state index contributed by atoms with van der Waals surface area (Å²) in [6.07, 6.45) is 0. The molecule has 2 aliphatic rings. The van der Waals surface area contributed by atoms with Crippen LogP contribution in [0, 0.1) is 0 Å². The van der Waals surface area contributed by atoms with Crippen LogP contribution in [-0.4, -0.2) is 57.5 Å². The number of nitrogens with one attached hydrogen (secondary N) is 1. The second kappa shape index (κ2) is 10.2. The number of β-lactam (4-membered cyclic amide) rings is 1. The molecular formula is C22H18Cl2N2O8S. The highest BCUT2D eigenvalue weighted by molar-refractivity contribution is 8.00. The van der Waals surface area contributed by atoms with Crippen molar-refractivity contribution in [1.82, 2.24) is 10.2 Å². The maximum absolute atomic E-state index is 12.7. The van der Waals surface area contributed by atoms with Crippen LogP contribution in [0.5, 0.6) is 5.75 Å². The highest BCUT2D eigenvalue weighted by Crippen LogP contribution is 2.40. The third kappa shape index (κ3) is 5.12. The summed E-state index contributed by atoms with van der Waals surface area (Å²) in [6, 6.07) is 6.98. The zero-order valence-corrected chi connectivity index (χ0v) is 20.4. The van der Waals surface area contributed by atoms with E-state index in [1.54, 1.807) is 24.3 Å². The highest BCUT2D eigenvalue weighted by Gasteiger charge is 2.54. The Balaban J connectivity index is 1.39. The molecule has 2 amide bonds. The molecule has 0 radical (unpaired) electrons. The number of carboxylic acid groups (broad SMARTS) is 1. The molecule has 35 heavy (non-hydrogen) atoms. The lowest BCUT2D eigenvalue weighted by atomic mass is 10.0. The van der Waals surface area contributed by atoms with Crippen LogP contribution in [0.1, 0.15) is 23.2 Å². The molecule has 0 saturated carbocycles. The van der Waals surface area contributed by atoms with Crippen LogP contribution in [0.15, 0.2) is 46.0 Å². The molecule has 2 atom stereocenters. The summed E-state index contributed by atoms with van der Waals surface area (Å²) < 4.78 is 16.0. The summed E-state index contributed by atoms with van der Waals surface area (Å²) in [5.41, 5.74) is 0.0742.